The third-order valence-corrected chi connectivity index (χ3v) is 5.60. The molecule has 158 valence electrons. The van der Waals surface area contributed by atoms with E-state index in [1.807, 2.05) is 4.90 Å². The molecule has 0 radical (unpaired) electrons. The molecule has 11 heteroatoms. The minimum absolute atomic E-state index is 0.0182. The number of sulfone groups is 1. The van der Waals surface area contributed by atoms with Crippen LogP contribution in [-0.4, -0.2) is 66.0 Å². The summed E-state index contributed by atoms with van der Waals surface area (Å²) < 4.78 is 62.4. The van der Waals surface area contributed by atoms with Crippen LogP contribution in [0.2, 0.25) is 0 Å². The van der Waals surface area contributed by atoms with Gasteiger partial charge in [-0.25, -0.2) is 18.4 Å². The Bertz CT molecular complexity index is 930. The SMILES string of the molecule is CS(=O)(=O)CCN1CCC(Nc2cc(C(F)(F)F)nc(-c3ccncc3)n2)CC1. The number of pyridine rings is 1. The zero-order valence-corrected chi connectivity index (χ0v) is 16.7. The smallest absolute Gasteiger partial charge is 0.367 e. The van der Waals surface area contributed by atoms with Gasteiger partial charge in [0.2, 0.25) is 0 Å². The molecule has 0 unspecified atom stereocenters. The van der Waals surface area contributed by atoms with Gasteiger partial charge in [0.15, 0.2) is 11.5 Å². The number of likely N-dealkylation sites (tertiary alicyclic amines) is 1. The van der Waals surface area contributed by atoms with Gasteiger partial charge in [-0.15, -0.1) is 0 Å². The molecule has 0 saturated carbocycles. The first kappa shape index (κ1) is 21.4. The van der Waals surface area contributed by atoms with Crippen LogP contribution in [0.1, 0.15) is 18.5 Å². The Balaban J connectivity index is 1.71. The van der Waals surface area contributed by atoms with Crippen molar-refractivity contribution in [2.24, 2.45) is 0 Å². The average Bonchev–Trinajstić information content (AvgIpc) is 2.67. The molecule has 3 heterocycles. The minimum atomic E-state index is -4.59. The number of aromatic nitrogens is 3. The molecule has 0 bridgehead atoms. The monoisotopic (exact) mass is 429 g/mol. The number of nitrogens with one attached hydrogen (secondary N) is 1. The Morgan fingerprint density at radius 3 is 2.41 bits per heavy atom. The predicted molar refractivity (Wildman–Crippen MR) is 103 cm³/mol. The lowest BCUT2D eigenvalue weighted by atomic mass is 10.1. The van der Waals surface area contributed by atoms with Crippen molar-refractivity contribution in [3.8, 4) is 11.4 Å². The Morgan fingerprint density at radius 2 is 1.83 bits per heavy atom. The molecule has 0 aromatic carbocycles. The van der Waals surface area contributed by atoms with E-state index in [0.29, 0.717) is 38.0 Å². The summed E-state index contributed by atoms with van der Waals surface area (Å²) in [4.78, 5) is 13.8. The number of nitrogens with zero attached hydrogens (tertiary/aromatic N) is 4. The molecular formula is C18H22F3N5O2S. The molecule has 7 nitrogen and oxygen atoms in total. The molecule has 0 aliphatic carbocycles. The second kappa shape index (κ2) is 8.62. The van der Waals surface area contributed by atoms with Crippen molar-refractivity contribution in [3.63, 3.8) is 0 Å². The molecule has 1 fully saturated rings. The Labute approximate surface area is 167 Å². The molecule has 0 atom stereocenters. The van der Waals surface area contributed by atoms with Crippen LogP contribution in [0.3, 0.4) is 0 Å². The van der Waals surface area contributed by atoms with Crippen LogP contribution in [0.25, 0.3) is 11.4 Å². The van der Waals surface area contributed by atoms with Gasteiger partial charge < -0.3 is 10.2 Å². The fourth-order valence-corrected chi connectivity index (χ4v) is 3.69. The van der Waals surface area contributed by atoms with Gasteiger partial charge in [-0.2, -0.15) is 13.2 Å². The van der Waals surface area contributed by atoms with Crippen LogP contribution in [0.4, 0.5) is 19.0 Å². The van der Waals surface area contributed by atoms with E-state index in [-0.39, 0.29) is 23.4 Å². The lowest BCUT2D eigenvalue weighted by molar-refractivity contribution is -0.141. The lowest BCUT2D eigenvalue weighted by Gasteiger charge is -2.32. The average molecular weight is 429 g/mol. The molecule has 29 heavy (non-hydrogen) atoms. The van der Waals surface area contributed by atoms with Crippen molar-refractivity contribution >= 4 is 15.7 Å². The maximum atomic E-state index is 13.3. The first-order valence-corrected chi connectivity index (χ1v) is 11.2. The van der Waals surface area contributed by atoms with Crippen LogP contribution < -0.4 is 5.32 Å². The standard InChI is InChI=1S/C18H22F3N5O2S/c1-29(27,28)11-10-26-8-4-14(5-9-26)23-16-12-15(18(19,20)21)24-17(25-16)13-2-6-22-7-3-13/h2-3,6-7,12,14H,4-5,8-11H2,1H3,(H,23,24,25). The summed E-state index contributed by atoms with van der Waals surface area (Å²) in [5.74, 6) is 0.199. The first-order chi connectivity index (χ1) is 13.6. The maximum Gasteiger partial charge on any atom is 0.433 e. The van der Waals surface area contributed by atoms with Crippen molar-refractivity contribution < 1.29 is 21.6 Å². The number of piperidine rings is 1. The highest BCUT2D eigenvalue weighted by Gasteiger charge is 2.34. The van der Waals surface area contributed by atoms with E-state index in [0.717, 1.165) is 6.07 Å². The van der Waals surface area contributed by atoms with Crippen LogP contribution in [0.15, 0.2) is 30.6 Å². The second-order valence-electron chi connectivity index (χ2n) is 7.09. The topological polar surface area (TPSA) is 88.1 Å². The van der Waals surface area contributed by atoms with E-state index in [9.17, 15) is 21.6 Å². The van der Waals surface area contributed by atoms with E-state index < -0.39 is 21.7 Å². The molecule has 3 rings (SSSR count). The van der Waals surface area contributed by atoms with Crippen molar-refractivity contribution in [1.29, 1.82) is 0 Å². The van der Waals surface area contributed by atoms with Gasteiger partial charge in [-0.1, -0.05) is 0 Å². The van der Waals surface area contributed by atoms with Crippen molar-refractivity contribution in [2.75, 3.05) is 37.0 Å². The molecule has 1 aliphatic rings. The summed E-state index contributed by atoms with van der Waals surface area (Å²) in [5, 5.41) is 3.08. The third kappa shape index (κ3) is 6.36. The minimum Gasteiger partial charge on any atom is -0.367 e. The molecule has 2 aromatic rings. The lowest BCUT2D eigenvalue weighted by Crippen LogP contribution is -2.41. The molecule has 2 aromatic heterocycles. The highest BCUT2D eigenvalue weighted by molar-refractivity contribution is 7.90. The van der Waals surface area contributed by atoms with Gasteiger partial charge in [0.05, 0.1) is 5.75 Å². The summed E-state index contributed by atoms with van der Waals surface area (Å²) in [6, 6.07) is 3.98. The van der Waals surface area contributed by atoms with Crippen LogP contribution in [0.5, 0.6) is 0 Å². The van der Waals surface area contributed by atoms with Crippen LogP contribution >= 0.6 is 0 Å². The maximum absolute atomic E-state index is 13.3. The first-order valence-electron chi connectivity index (χ1n) is 9.13. The van der Waals surface area contributed by atoms with Gasteiger partial charge >= 0.3 is 6.18 Å². The predicted octanol–water partition coefficient (Wildman–Crippen LogP) is 2.48. The van der Waals surface area contributed by atoms with Crippen molar-refractivity contribution in [1.82, 2.24) is 19.9 Å². The van der Waals surface area contributed by atoms with Crippen LogP contribution in [-0.2, 0) is 16.0 Å². The molecule has 0 amide bonds. The highest BCUT2D eigenvalue weighted by atomic mass is 32.2. The largest absolute Gasteiger partial charge is 0.433 e. The fraction of sp³-hybridized carbons (Fsp3) is 0.500. The highest BCUT2D eigenvalue weighted by Crippen LogP contribution is 2.31. The van der Waals surface area contributed by atoms with E-state index in [4.69, 9.17) is 0 Å². The van der Waals surface area contributed by atoms with Crippen molar-refractivity contribution in [2.45, 2.75) is 25.1 Å². The number of hydrogen-bond acceptors (Lipinski definition) is 7. The summed E-state index contributed by atoms with van der Waals surface area (Å²) in [6.45, 7) is 1.80. The normalized spacial score (nSPS) is 16.7. The summed E-state index contributed by atoms with van der Waals surface area (Å²) in [7, 11) is -3.02. The Hall–Kier alpha value is -2.27. The molecular weight excluding hydrogens is 407 g/mol. The summed E-state index contributed by atoms with van der Waals surface area (Å²) in [6.07, 6.45) is 0.918. The number of halogens is 3. The Morgan fingerprint density at radius 1 is 1.17 bits per heavy atom. The van der Waals surface area contributed by atoms with E-state index in [2.05, 4.69) is 20.3 Å². The van der Waals surface area contributed by atoms with E-state index in [1.165, 1.54) is 18.6 Å². The van der Waals surface area contributed by atoms with Crippen molar-refractivity contribution in [3.05, 3.63) is 36.3 Å². The van der Waals surface area contributed by atoms with Gasteiger partial charge in [0.1, 0.15) is 15.7 Å². The zero-order chi connectivity index (χ0) is 21.1. The summed E-state index contributed by atoms with van der Waals surface area (Å²) >= 11 is 0. The zero-order valence-electron chi connectivity index (χ0n) is 15.9. The Kier molecular flexibility index (Phi) is 6.37. The van der Waals surface area contributed by atoms with E-state index >= 15 is 0 Å². The second-order valence-corrected chi connectivity index (χ2v) is 9.35. The summed E-state index contributed by atoms with van der Waals surface area (Å²) in [5.41, 5.74) is -0.558. The molecule has 1 N–H and O–H groups in total. The van der Waals surface area contributed by atoms with Gasteiger partial charge in [0.25, 0.3) is 0 Å². The molecule has 0 spiro atoms. The van der Waals surface area contributed by atoms with Gasteiger partial charge in [-0.3, -0.25) is 4.98 Å². The van der Waals surface area contributed by atoms with Gasteiger partial charge in [0, 0.05) is 56.0 Å². The molecule has 1 saturated heterocycles. The quantitative estimate of drug-likeness (QED) is 0.755. The number of hydrogen-bond donors (Lipinski definition) is 1. The number of anilines is 1. The fourth-order valence-electron chi connectivity index (χ4n) is 3.10. The van der Waals surface area contributed by atoms with Crippen LogP contribution in [0, 0.1) is 0 Å². The number of rotatable bonds is 6. The number of alkyl halides is 3. The molecule has 1 aliphatic heterocycles. The van der Waals surface area contributed by atoms with Gasteiger partial charge in [-0.05, 0) is 25.0 Å². The van der Waals surface area contributed by atoms with E-state index in [1.54, 1.807) is 12.1 Å². The third-order valence-electron chi connectivity index (χ3n) is 4.67.